The highest BCUT2D eigenvalue weighted by Crippen LogP contribution is 2.31. The number of halogens is 3. The summed E-state index contributed by atoms with van der Waals surface area (Å²) in [5.74, 6) is 0.287. The number of amides is 1. The van der Waals surface area contributed by atoms with E-state index in [1.807, 2.05) is 6.07 Å². The fourth-order valence-corrected chi connectivity index (χ4v) is 2.83. The normalized spacial score (nSPS) is 11.7. The van der Waals surface area contributed by atoms with Gasteiger partial charge in [0, 0.05) is 12.1 Å². The van der Waals surface area contributed by atoms with Gasteiger partial charge in [0.15, 0.2) is 11.3 Å². The van der Waals surface area contributed by atoms with Crippen molar-refractivity contribution >= 4 is 69.6 Å². The number of non-ortho nitro benzene ring substituents is 1. The molecule has 2 aromatic rings. The third-order valence-corrected chi connectivity index (χ3v) is 4.59. The molecule has 0 bridgehead atoms. The van der Waals surface area contributed by atoms with Gasteiger partial charge in [-0.1, -0.05) is 65.1 Å². The molecule has 1 unspecified atom stereocenters. The average molecular weight is 508 g/mol. The molecule has 166 valence electrons. The maximum Gasteiger partial charge on any atom is 0.409 e. The molecule has 0 saturated heterocycles. The number of benzene rings is 2. The van der Waals surface area contributed by atoms with Crippen LogP contribution in [0, 0.1) is 10.1 Å². The van der Waals surface area contributed by atoms with Gasteiger partial charge in [-0.15, -0.1) is 0 Å². The quantitative estimate of drug-likeness (QED) is 0.165. The zero-order valence-corrected chi connectivity index (χ0v) is 19.0. The van der Waals surface area contributed by atoms with Gasteiger partial charge < -0.3 is 20.1 Å². The van der Waals surface area contributed by atoms with Crippen molar-refractivity contribution < 1.29 is 19.2 Å². The number of alkyl halides is 3. The van der Waals surface area contributed by atoms with E-state index in [4.69, 9.17) is 56.5 Å². The van der Waals surface area contributed by atoms with Crippen LogP contribution < -0.4 is 20.7 Å². The minimum absolute atomic E-state index is 0.00677. The van der Waals surface area contributed by atoms with Crippen LogP contribution >= 0.6 is 47.0 Å². The summed E-state index contributed by atoms with van der Waals surface area (Å²) < 4.78 is 8.25. The van der Waals surface area contributed by atoms with Crippen LogP contribution in [0.15, 0.2) is 48.5 Å². The van der Waals surface area contributed by atoms with Crippen LogP contribution in [0.2, 0.25) is 0 Å². The number of nitrogens with one attached hydrogen (secondary N) is 3. The summed E-state index contributed by atoms with van der Waals surface area (Å²) >= 11 is 23.0. The molecule has 1 atom stereocenters. The number of carbonyl (C=O) groups excluding carboxylic acids is 1. The fraction of sp³-hybridized carbons (Fsp3) is 0.222. The molecule has 1 amide bonds. The van der Waals surface area contributed by atoms with E-state index in [2.05, 4.69) is 16.0 Å². The number of hydrogen-bond acceptors (Lipinski definition) is 6. The Hall–Kier alpha value is -2.53. The molecule has 31 heavy (non-hydrogen) atoms. The monoisotopic (exact) mass is 506 g/mol. The zero-order chi connectivity index (χ0) is 23.0. The van der Waals surface area contributed by atoms with Crippen LogP contribution in [0.4, 0.5) is 16.2 Å². The van der Waals surface area contributed by atoms with Gasteiger partial charge in [0.2, 0.25) is 3.79 Å². The first-order chi connectivity index (χ1) is 14.6. The van der Waals surface area contributed by atoms with Gasteiger partial charge in [0.05, 0.1) is 17.7 Å². The molecule has 0 aliphatic rings. The summed E-state index contributed by atoms with van der Waals surface area (Å²) in [6, 6.07) is 12.9. The number of carbonyl (C=O) groups is 1. The predicted octanol–water partition coefficient (Wildman–Crippen LogP) is 4.51. The average Bonchev–Trinajstić information content (AvgIpc) is 2.71. The smallest absolute Gasteiger partial charge is 0.409 e. The SMILES string of the molecule is COc1ccc([N+](=O)[O-])cc1NC(=S)NC(NC(=O)OCc1ccccc1)C(Cl)(Cl)Cl. The van der Waals surface area contributed by atoms with E-state index in [-0.39, 0.29) is 28.8 Å². The topological polar surface area (TPSA) is 115 Å². The summed E-state index contributed by atoms with van der Waals surface area (Å²) in [5.41, 5.74) is 0.779. The minimum atomic E-state index is -2.01. The molecule has 0 aliphatic carbocycles. The maximum absolute atomic E-state index is 12.1. The van der Waals surface area contributed by atoms with Crippen molar-refractivity contribution in [3.05, 3.63) is 64.2 Å². The van der Waals surface area contributed by atoms with Crippen LogP contribution in [-0.4, -0.2) is 33.2 Å². The molecule has 2 rings (SSSR count). The Kier molecular flexibility index (Phi) is 8.93. The summed E-state index contributed by atoms with van der Waals surface area (Å²) in [4.78, 5) is 22.6. The molecule has 3 N–H and O–H groups in total. The van der Waals surface area contributed by atoms with Crippen molar-refractivity contribution in [1.82, 2.24) is 10.6 Å². The van der Waals surface area contributed by atoms with E-state index in [1.54, 1.807) is 24.3 Å². The van der Waals surface area contributed by atoms with Gasteiger partial charge in [0.25, 0.3) is 5.69 Å². The largest absolute Gasteiger partial charge is 0.495 e. The number of nitro benzene ring substituents is 1. The van der Waals surface area contributed by atoms with Gasteiger partial charge in [0.1, 0.15) is 12.4 Å². The van der Waals surface area contributed by atoms with Crippen LogP contribution in [0.1, 0.15) is 5.56 Å². The van der Waals surface area contributed by atoms with Crippen molar-refractivity contribution in [1.29, 1.82) is 0 Å². The van der Waals surface area contributed by atoms with Crippen LogP contribution in [0.25, 0.3) is 0 Å². The second kappa shape index (κ2) is 11.2. The molecule has 0 fully saturated rings. The van der Waals surface area contributed by atoms with Crippen molar-refractivity contribution in [3.63, 3.8) is 0 Å². The Bertz CT molecular complexity index is 944. The fourth-order valence-electron chi connectivity index (χ4n) is 2.28. The highest BCUT2D eigenvalue weighted by Gasteiger charge is 2.35. The summed E-state index contributed by atoms with van der Waals surface area (Å²) in [6.07, 6.45) is -2.14. The molecule has 2 aromatic carbocycles. The molecule has 0 saturated carbocycles. The van der Waals surface area contributed by atoms with E-state index in [1.165, 1.54) is 25.3 Å². The second-order valence-electron chi connectivity index (χ2n) is 5.92. The first-order valence-electron chi connectivity index (χ1n) is 8.54. The number of methoxy groups -OCH3 is 1. The van der Waals surface area contributed by atoms with Gasteiger partial charge in [-0.25, -0.2) is 4.79 Å². The Morgan fingerprint density at radius 1 is 1.19 bits per heavy atom. The highest BCUT2D eigenvalue weighted by atomic mass is 35.6. The second-order valence-corrected chi connectivity index (χ2v) is 8.70. The van der Waals surface area contributed by atoms with Crippen LogP contribution in [0.3, 0.4) is 0 Å². The van der Waals surface area contributed by atoms with Gasteiger partial charge in [-0.2, -0.15) is 0 Å². The van der Waals surface area contributed by atoms with E-state index >= 15 is 0 Å². The molecule has 0 heterocycles. The molecule has 0 aromatic heterocycles. The Morgan fingerprint density at radius 3 is 2.45 bits per heavy atom. The van der Waals surface area contributed by atoms with Crippen molar-refractivity contribution in [2.45, 2.75) is 16.6 Å². The number of ether oxygens (including phenoxy) is 2. The maximum atomic E-state index is 12.1. The third kappa shape index (κ3) is 7.91. The summed E-state index contributed by atoms with van der Waals surface area (Å²) in [6.45, 7) is 0.00677. The lowest BCUT2D eigenvalue weighted by Gasteiger charge is -2.27. The molecule has 9 nitrogen and oxygen atoms in total. The van der Waals surface area contributed by atoms with E-state index < -0.39 is 21.0 Å². The minimum Gasteiger partial charge on any atom is -0.495 e. The standard InChI is InChI=1S/C18H17Cl3N4O5S/c1-29-14-8-7-12(25(27)28)9-13(14)22-16(31)23-15(18(19,20)21)24-17(26)30-10-11-5-3-2-4-6-11/h2-9,15H,10H2,1H3,(H,24,26)(H2,22,23,31). The van der Waals surface area contributed by atoms with E-state index in [0.29, 0.717) is 0 Å². The number of anilines is 1. The summed E-state index contributed by atoms with van der Waals surface area (Å²) in [7, 11) is 1.39. The first-order valence-corrected chi connectivity index (χ1v) is 10.1. The number of nitrogens with zero attached hydrogens (tertiary/aromatic N) is 1. The Morgan fingerprint density at radius 2 is 1.87 bits per heavy atom. The van der Waals surface area contributed by atoms with Gasteiger partial charge >= 0.3 is 6.09 Å². The number of hydrogen-bond donors (Lipinski definition) is 3. The molecular formula is C18H17Cl3N4O5S. The predicted molar refractivity (Wildman–Crippen MR) is 123 cm³/mol. The van der Waals surface area contributed by atoms with Crippen LogP contribution in [-0.2, 0) is 11.3 Å². The molecular weight excluding hydrogens is 491 g/mol. The van der Waals surface area contributed by atoms with Crippen molar-refractivity contribution in [2.24, 2.45) is 0 Å². The lowest BCUT2D eigenvalue weighted by atomic mass is 10.2. The lowest BCUT2D eigenvalue weighted by molar-refractivity contribution is -0.384. The van der Waals surface area contributed by atoms with E-state index in [0.717, 1.165) is 5.56 Å². The Labute approximate surface area is 198 Å². The number of alkyl carbamates (subject to hydrolysis) is 1. The zero-order valence-electron chi connectivity index (χ0n) is 15.9. The van der Waals surface area contributed by atoms with Crippen molar-refractivity contribution in [2.75, 3.05) is 12.4 Å². The van der Waals surface area contributed by atoms with Gasteiger partial charge in [-0.05, 0) is 23.8 Å². The third-order valence-electron chi connectivity index (χ3n) is 3.72. The van der Waals surface area contributed by atoms with Gasteiger partial charge in [-0.3, -0.25) is 15.4 Å². The number of rotatable bonds is 7. The number of nitro groups is 1. The van der Waals surface area contributed by atoms with Crippen LogP contribution in [0.5, 0.6) is 5.75 Å². The molecule has 0 spiro atoms. The molecule has 0 radical (unpaired) electrons. The molecule has 0 aliphatic heterocycles. The highest BCUT2D eigenvalue weighted by molar-refractivity contribution is 7.80. The van der Waals surface area contributed by atoms with E-state index in [9.17, 15) is 14.9 Å². The first kappa shape index (κ1) is 24.7. The summed E-state index contributed by atoms with van der Waals surface area (Å²) in [5, 5.41) is 18.6. The van der Waals surface area contributed by atoms with Crippen molar-refractivity contribution in [3.8, 4) is 5.75 Å². The Balaban J connectivity index is 2.04. The lowest BCUT2D eigenvalue weighted by Crippen LogP contribution is -2.56. The number of thiocarbonyl (C=S) groups is 1. The molecule has 13 heteroatoms.